The van der Waals surface area contributed by atoms with Crippen molar-refractivity contribution in [1.29, 1.82) is 0 Å². The van der Waals surface area contributed by atoms with Crippen LogP contribution in [0.1, 0.15) is 36.8 Å². The van der Waals surface area contributed by atoms with Crippen LogP contribution < -0.4 is 4.90 Å². The molecule has 2 saturated heterocycles. The third kappa shape index (κ3) is 3.90. The third-order valence-electron chi connectivity index (χ3n) is 11.0. The zero-order valence-electron chi connectivity index (χ0n) is 26.0. The summed E-state index contributed by atoms with van der Waals surface area (Å²) < 4.78 is 17.4. The molecule has 47 heavy (non-hydrogen) atoms. The fourth-order valence-electron chi connectivity index (χ4n) is 8.72. The van der Waals surface area contributed by atoms with Gasteiger partial charge >= 0.3 is 0 Å². The number of likely N-dealkylation sites (tertiary alicyclic amines) is 1. The zero-order chi connectivity index (χ0) is 33.3. The van der Waals surface area contributed by atoms with Crippen molar-refractivity contribution in [3.8, 4) is 16.3 Å². The number of anilines is 1. The molecule has 9 nitrogen and oxygen atoms in total. The minimum Gasteiger partial charge on any atom is -0.505 e. The van der Waals surface area contributed by atoms with Gasteiger partial charge in [-0.05, 0) is 67.8 Å². The molecule has 2 aliphatic heterocycles. The maximum Gasteiger partial charge on any atom is 0.242 e. The number of para-hydroxylation sites is 1. The molecule has 6 atom stereocenters. The number of hydrogen-bond acceptors (Lipinski definition) is 7. The number of fused-ring (bicyclic) bond motifs is 5. The largest absolute Gasteiger partial charge is 0.505 e. The summed E-state index contributed by atoms with van der Waals surface area (Å²) >= 11 is 7.80. The van der Waals surface area contributed by atoms with Gasteiger partial charge in [-0.15, -0.1) is 11.3 Å². The summed E-state index contributed by atoms with van der Waals surface area (Å²) in [7, 11) is 3.13. The number of phenolic OH excluding ortho intramolecular Hbond substituents is 1. The summed E-state index contributed by atoms with van der Waals surface area (Å²) in [6, 6.07) is 11.6. The van der Waals surface area contributed by atoms with Gasteiger partial charge in [0.25, 0.3) is 0 Å². The van der Waals surface area contributed by atoms with Crippen LogP contribution in [0.15, 0.2) is 54.1 Å². The van der Waals surface area contributed by atoms with E-state index in [-0.39, 0.29) is 36.0 Å². The molecule has 3 fully saturated rings. The lowest BCUT2D eigenvalue weighted by molar-refractivity contribution is -0.138. The number of rotatable bonds is 3. The second-order valence-corrected chi connectivity index (χ2v) is 14.8. The number of aromatic nitrogens is 2. The molecule has 2 aromatic carbocycles. The van der Waals surface area contributed by atoms with E-state index in [1.165, 1.54) is 29.1 Å². The lowest BCUT2D eigenvalue weighted by atomic mass is 9.51. The summed E-state index contributed by atoms with van der Waals surface area (Å²) in [5, 5.41) is 17.4. The first kappa shape index (κ1) is 30.0. The standard InChI is InChI=1S/C35H30ClFN4O5S/c1-15-20-12-16(36)8-11-25(20)47-30(15)24-14-26(40(4)38-24)41-32(44)22-13-21-17(9-10-18-27(21)33(45)39(3)31(18)43)28(35(22,2)34(41)46)19-6-5-7-23(37)29(19)42/h5-9,11-12,14,18,21-22,27-28,42H,10,13H2,1-4H3. The number of carbonyl (C=O) groups excluding carboxylic acids is 4. The van der Waals surface area contributed by atoms with Crippen LogP contribution in [0.2, 0.25) is 5.02 Å². The van der Waals surface area contributed by atoms with Gasteiger partial charge in [-0.1, -0.05) is 35.4 Å². The van der Waals surface area contributed by atoms with E-state index in [0.717, 1.165) is 36.4 Å². The summed E-state index contributed by atoms with van der Waals surface area (Å²) in [5.74, 6) is -6.39. The van der Waals surface area contributed by atoms with E-state index in [1.807, 2.05) is 31.2 Å². The highest BCUT2D eigenvalue weighted by Gasteiger charge is 2.68. The molecule has 1 saturated carbocycles. The van der Waals surface area contributed by atoms with Crippen LogP contribution in [0, 0.1) is 41.8 Å². The van der Waals surface area contributed by atoms with Gasteiger partial charge in [0.2, 0.25) is 23.6 Å². The molecule has 4 aliphatic rings. The number of benzene rings is 2. The van der Waals surface area contributed by atoms with Crippen LogP contribution >= 0.6 is 22.9 Å². The van der Waals surface area contributed by atoms with E-state index < -0.39 is 58.4 Å². The van der Waals surface area contributed by atoms with E-state index in [2.05, 4.69) is 0 Å². The molecule has 0 bridgehead atoms. The van der Waals surface area contributed by atoms with Crippen molar-refractivity contribution in [3.63, 3.8) is 0 Å². The molecular weight excluding hydrogens is 643 g/mol. The van der Waals surface area contributed by atoms with Gasteiger partial charge in [0.15, 0.2) is 11.6 Å². The van der Waals surface area contributed by atoms with Crippen molar-refractivity contribution in [2.75, 3.05) is 11.9 Å². The summed E-state index contributed by atoms with van der Waals surface area (Å²) in [6.07, 6.45) is 2.30. The van der Waals surface area contributed by atoms with E-state index in [1.54, 1.807) is 26.1 Å². The lowest BCUT2D eigenvalue weighted by Crippen LogP contribution is -2.48. The van der Waals surface area contributed by atoms with Gasteiger partial charge in [0, 0.05) is 41.4 Å². The monoisotopic (exact) mass is 672 g/mol. The number of carbonyl (C=O) groups is 4. The minimum absolute atomic E-state index is 0.158. The van der Waals surface area contributed by atoms with Gasteiger partial charge in [-0.25, -0.2) is 9.29 Å². The first-order valence-electron chi connectivity index (χ1n) is 15.4. The molecule has 6 unspecified atom stereocenters. The van der Waals surface area contributed by atoms with Crippen molar-refractivity contribution in [3.05, 3.63) is 76.1 Å². The van der Waals surface area contributed by atoms with E-state index in [4.69, 9.17) is 16.7 Å². The zero-order valence-corrected chi connectivity index (χ0v) is 27.5. The van der Waals surface area contributed by atoms with E-state index in [9.17, 15) is 28.7 Å². The quantitative estimate of drug-likeness (QED) is 0.212. The van der Waals surface area contributed by atoms with Gasteiger partial charge in [-0.2, -0.15) is 5.10 Å². The second-order valence-electron chi connectivity index (χ2n) is 13.3. The molecule has 0 spiro atoms. The number of imide groups is 2. The molecule has 2 aliphatic carbocycles. The van der Waals surface area contributed by atoms with Gasteiger partial charge in [-0.3, -0.25) is 28.8 Å². The highest BCUT2D eigenvalue weighted by molar-refractivity contribution is 7.22. The number of hydrogen-bond donors (Lipinski definition) is 1. The van der Waals surface area contributed by atoms with E-state index >= 15 is 0 Å². The molecule has 12 heteroatoms. The third-order valence-corrected chi connectivity index (χ3v) is 12.6. The highest BCUT2D eigenvalue weighted by atomic mass is 35.5. The Kier molecular flexibility index (Phi) is 6.43. The SMILES string of the molecule is Cc1c(-c2cc(N3C(=O)C4CC5C(=CCC6C(=O)N(C)C(=O)C65)C(c5cccc(F)c5O)C4(C)C3=O)n(C)n2)sc2ccc(Cl)cc12. The van der Waals surface area contributed by atoms with Crippen molar-refractivity contribution < 1.29 is 28.7 Å². The molecule has 8 rings (SSSR count). The fraction of sp³-hybridized carbons (Fsp3) is 0.343. The normalized spacial score (nSPS) is 28.6. The maximum atomic E-state index is 14.9. The Morgan fingerprint density at radius 3 is 2.57 bits per heavy atom. The van der Waals surface area contributed by atoms with Crippen LogP contribution in [0.5, 0.6) is 5.75 Å². The first-order chi connectivity index (χ1) is 22.3. The number of aromatic hydroxyl groups is 1. The van der Waals surface area contributed by atoms with Crippen LogP contribution in [0.3, 0.4) is 0 Å². The van der Waals surface area contributed by atoms with E-state index in [0.29, 0.717) is 16.3 Å². The fourth-order valence-corrected chi connectivity index (χ4v) is 10.0. The average molecular weight is 673 g/mol. The predicted molar refractivity (Wildman–Crippen MR) is 174 cm³/mol. The van der Waals surface area contributed by atoms with Gasteiger partial charge < -0.3 is 5.11 Å². The number of allylic oxidation sites excluding steroid dienone is 2. The molecule has 1 N–H and O–H groups in total. The van der Waals surface area contributed by atoms with Crippen molar-refractivity contribution in [2.45, 2.75) is 32.6 Å². The Morgan fingerprint density at radius 2 is 1.81 bits per heavy atom. The Bertz CT molecular complexity index is 2140. The summed E-state index contributed by atoms with van der Waals surface area (Å²) in [4.78, 5) is 59.0. The molecule has 2 aromatic heterocycles. The number of thiophene rings is 1. The van der Waals surface area contributed by atoms with Crippen molar-refractivity contribution in [2.24, 2.45) is 36.1 Å². The highest BCUT2D eigenvalue weighted by Crippen LogP contribution is 2.64. The van der Waals surface area contributed by atoms with Gasteiger partial charge in [0.05, 0.1) is 28.0 Å². The molecule has 4 amide bonds. The Balaban J connectivity index is 1.27. The predicted octanol–water partition coefficient (Wildman–Crippen LogP) is 5.97. The van der Waals surface area contributed by atoms with Crippen LogP contribution in [0.4, 0.5) is 10.2 Å². The average Bonchev–Trinajstić information content (AvgIpc) is 3.70. The number of amides is 4. The van der Waals surface area contributed by atoms with Crippen LogP contribution in [0.25, 0.3) is 20.7 Å². The van der Waals surface area contributed by atoms with Crippen molar-refractivity contribution >= 4 is 62.5 Å². The number of aryl methyl sites for hydroxylation is 2. The molecule has 4 aromatic rings. The second kappa shape index (κ2) is 10.1. The van der Waals surface area contributed by atoms with Crippen LogP contribution in [-0.4, -0.2) is 50.5 Å². The number of halogens is 2. The smallest absolute Gasteiger partial charge is 0.242 e. The first-order valence-corrected chi connectivity index (χ1v) is 16.6. The Morgan fingerprint density at radius 1 is 1.04 bits per heavy atom. The molecule has 4 heterocycles. The number of nitrogens with zero attached hydrogens (tertiary/aromatic N) is 4. The Hall–Kier alpha value is -4.35. The Labute approximate surface area is 278 Å². The van der Waals surface area contributed by atoms with Crippen molar-refractivity contribution in [1.82, 2.24) is 14.7 Å². The summed E-state index contributed by atoms with van der Waals surface area (Å²) in [5.41, 5.74) is 0.990. The number of phenols is 1. The topological polar surface area (TPSA) is 113 Å². The van der Waals surface area contributed by atoms with Crippen LogP contribution in [-0.2, 0) is 26.2 Å². The minimum atomic E-state index is -1.43. The maximum absolute atomic E-state index is 14.9. The summed E-state index contributed by atoms with van der Waals surface area (Å²) in [6.45, 7) is 3.67. The molecule has 0 radical (unpaired) electrons. The molecule has 240 valence electrons. The lowest BCUT2D eigenvalue weighted by Gasteiger charge is -2.49. The van der Waals surface area contributed by atoms with Gasteiger partial charge in [0.1, 0.15) is 11.5 Å². The molecular formula is C35H30ClFN4O5S.